The number of anilines is 3. The molecule has 3 nitrogen and oxygen atoms in total. The molecule has 1 aliphatic heterocycles. The highest BCUT2D eigenvalue weighted by Gasteiger charge is 2.39. The minimum absolute atomic E-state index is 0.0795. The summed E-state index contributed by atoms with van der Waals surface area (Å²) in [4.78, 5) is 5.91. The van der Waals surface area contributed by atoms with E-state index in [1.165, 1.54) is 61.3 Å². The summed E-state index contributed by atoms with van der Waals surface area (Å²) in [6, 6.07) is 42.1. The Labute approximate surface area is 275 Å². The predicted molar refractivity (Wildman–Crippen MR) is 193 cm³/mol. The van der Waals surface area contributed by atoms with Crippen molar-refractivity contribution in [2.75, 3.05) is 4.90 Å². The largest absolute Gasteiger partial charge is 0.309 e. The van der Waals surface area contributed by atoms with Gasteiger partial charge in [-0.3, -0.25) is 0 Å². The zero-order chi connectivity index (χ0) is 32.2. The molecule has 0 fully saturated rings. The first-order chi connectivity index (χ1) is 22.7. The zero-order valence-electron chi connectivity index (χ0n) is 26.8. The van der Waals surface area contributed by atoms with Gasteiger partial charge in [0, 0.05) is 27.5 Å². The Morgan fingerprint density at radius 2 is 1.28 bits per heavy atom. The van der Waals surface area contributed by atoms with E-state index in [-0.39, 0.29) is 16.5 Å². The van der Waals surface area contributed by atoms with Gasteiger partial charge in [-0.1, -0.05) is 107 Å². The quantitative estimate of drug-likeness (QED) is 0.146. The normalized spacial score (nSPS) is 15.6. The van der Waals surface area contributed by atoms with E-state index in [2.05, 4.69) is 153 Å². The molecule has 0 spiro atoms. The molecule has 0 radical (unpaired) electrons. The van der Waals surface area contributed by atoms with Crippen LogP contribution in [0.2, 0.25) is 0 Å². The van der Waals surface area contributed by atoms with Crippen LogP contribution in [0.25, 0.3) is 55.1 Å². The molecule has 0 unspecified atom stereocenters. The molecule has 2 aliphatic carbocycles. The third-order valence-electron chi connectivity index (χ3n) is 10.9. The van der Waals surface area contributed by atoms with Crippen LogP contribution >= 0.6 is 0 Å². The Kier molecular flexibility index (Phi) is 5.44. The second-order valence-corrected chi connectivity index (χ2v) is 14.0. The molecule has 0 bridgehead atoms. The van der Waals surface area contributed by atoms with Crippen molar-refractivity contribution in [1.29, 1.82) is 5.26 Å². The number of hydrogen-bond acceptors (Lipinski definition) is 2. The fraction of sp³-hybridized carbons (Fsp3) is 0.136. The maximum Gasteiger partial charge on any atom is 0.262 e. The van der Waals surface area contributed by atoms with Crippen LogP contribution in [0.3, 0.4) is 0 Å². The van der Waals surface area contributed by atoms with E-state index in [0.717, 1.165) is 27.7 Å². The van der Waals surface area contributed by atoms with E-state index in [4.69, 9.17) is 6.57 Å². The molecule has 0 saturated carbocycles. The summed E-state index contributed by atoms with van der Waals surface area (Å²) >= 11 is 0. The van der Waals surface area contributed by atoms with Gasteiger partial charge in [-0.2, -0.15) is 0 Å². The highest BCUT2D eigenvalue weighted by molar-refractivity contribution is 6.16. The van der Waals surface area contributed by atoms with Gasteiger partial charge in [0.25, 0.3) is 5.70 Å². The molecule has 0 atom stereocenters. The summed E-state index contributed by atoms with van der Waals surface area (Å²) in [5, 5.41) is 11.8. The summed E-state index contributed by atoms with van der Waals surface area (Å²) in [5.74, 6) is 0. The first kappa shape index (κ1) is 27.4. The lowest BCUT2D eigenvalue weighted by atomic mass is 9.80. The molecule has 3 heteroatoms. The van der Waals surface area contributed by atoms with Crippen LogP contribution in [0.4, 0.5) is 17.1 Å². The number of benzene rings is 6. The van der Waals surface area contributed by atoms with Gasteiger partial charge in [0.1, 0.15) is 0 Å². The lowest BCUT2D eigenvalue weighted by molar-refractivity contribution is 0.660. The lowest BCUT2D eigenvalue weighted by Gasteiger charge is -2.36. The Hall–Kier alpha value is -5.90. The van der Waals surface area contributed by atoms with Crippen molar-refractivity contribution in [3.63, 3.8) is 0 Å². The minimum atomic E-state index is -0.136. The summed E-state index contributed by atoms with van der Waals surface area (Å²) in [5.41, 5.74) is 17.0. The Balaban J connectivity index is 1.36. The fourth-order valence-corrected chi connectivity index (χ4v) is 8.56. The van der Waals surface area contributed by atoms with Crippen LogP contribution in [0, 0.1) is 17.9 Å². The van der Waals surface area contributed by atoms with Crippen LogP contribution < -0.4 is 4.90 Å². The summed E-state index contributed by atoms with van der Waals surface area (Å²) in [6.07, 6.45) is 1.71. The van der Waals surface area contributed by atoms with E-state index in [9.17, 15) is 5.26 Å². The molecule has 0 amide bonds. The number of allylic oxidation sites excluding steroid dienone is 1. The maximum atomic E-state index is 9.60. The Morgan fingerprint density at radius 1 is 0.638 bits per heavy atom. The van der Waals surface area contributed by atoms with Gasteiger partial charge in [0.2, 0.25) is 0 Å². The molecule has 0 aromatic heterocycles. The first-order valence-electron chi connectivity index (χ1n) is 16.1. The van der Waals surface area contributed by atoms with Gasteiger partial charge >= 0.3 is 0 Å². The zero-order valence-corrected chi connectivity index (χ0v) is 26.8. The average Bonchev–Trinajstić information content (AvgIpc) is 3.46. The topological polar surface area (TPSA) is 31.4 Å². The number of rotatable bonds is 2. The first-order valence-corrected chi connectivity index (χ1v) is 16.1. The summed E-state index contributed by atoms with van der Waals surface area (Å²) in [7, 11) is 0. The van der Waals surface area contributed by atoms with Crippen molar-refractivity contribution in [1.82, 2.24) is 0 Å². The van der Waals surface area contributed by atoms with Crippen molar-refractivity contribution in [3.8, 4) is 39.4 Å². The van der Waals surface area contributed by atoms with Crippen LogP contribution in [-0.2, 0) is 10.8 Å². The van der Waals surface area contributed by atoms with Crippen molar-refractivity contribution < 1.29 is 0 Å². The molecule has 47 heavy (non-hydrogen) atoms. The molecular weight excluding hydrogens is 571 g/mol. The summed E-state index contributed by atoms with van der Waals surface area (Å²) < 4.78 is 0. The molecule has 1 heterocycles. The van der Waals surface area contributed by atoms with Gasteiger partial charge in [0.15, 0.2) is 0 Å². The lowest BCUT2D eigenvalue weighted by Crippen LogP contribution is -2.20. The SMILES string of the molecule is [C-]#[N+]/C(C#N)=C\c1ccc2c3c(cccc13)-c1cc3c(cc1N2c1ccc2c(c1)C(C)(C)c1ccccc1-2)C(C)(C)c1ccccc1-3. The van der Waals surface area contributed by atoms with Gasteiger partial charge in [-0.05, 0) is 97.4 Å². The van der Waals surface area contributed by atoms with Crippen molar-refractivity contribution in [2.45, 2.75) is 38.5 Å². The van der Waals surface area contributed by atoms with Gasteiger partial charge < -0.3 is 4.90 Å². The van der Waals surface area contributed by atoms with E-state index in [1.807, 2.05) is 0 Å². The highest BCUT2D eigenvalue weighted by atomic mass is 15.2. The molecule has 3 aliphatic rings. The van der Waals surface area contributed by atoms with Crippen molar-refractivity contribution in [2.24, 2.45) is 0 Å². The van der Waals surface area contributed by atoms with Crippen LogP contribution in [0.5, 0.6) is 0 Å². The van der Waals surface area contributed by atoms with Gasteiger partial charge in [-0.15, -0.1) is 0 Å². The van der Waals surface area contributed by atoms with Gasteiger partial charge in [0.05, 0.1) is 24.0 Å². The second-order valence-electron chi connectivity index (χ2n) is 14.0. The number of nitrogens with zero attached hydrogens (tertiary/aromatic N) is 3. The van der Waals surface area contributed by atoms with E-state index >= 15 is 0 Å². The fourth-order valence-electron chi connectivity index (χ4n) is 8.56. The van der Waals surface area contributed by atoms with Crippen LogP contribution in [0.1, 0.15) is 55.5 Å². The van der Waals surface area contributed by atoms with Crippen molar-refractivity contribution in [3.05, 3.63) is 154 Å². The molecule has 6 aromatic rings. The highest BCUT2D eigenvalue weighted by Crippen LogP contribution is 2.58. The van der Waals surface area contributed by atoms with E-state index < -0.39 is 0 Å². The third-order valence-corrected chi connectivity index (χ3v) is 10.9. The molecule has 6 aromatic carbocycles. The number of fused-ring (bicyclic) bond motifs is 8. The number of nitriles is 1. The van der Waals surface area contributed by atoms with Crippen LogP contribution in [-0.4, -0.2) is 0 Å². The van der Waals surface area contributed by atoms with Crippen molar-refractivity contribution >= 4 is 33.9 Å². The molecular formula is C44H31N3. The smallest absolute Gasteiger partial charge is 0.262 e. The van der Waals surface area contributed by atoms with E-state index in [0.29, 0.717) is 0 Å². The third kappa shape index (κ3) is 3.55. The molecule has 0 saturated heterocycles. The number of hydrogen-bond donors (Lipinski definition) is 0. The Bertz CT molecular complexity index is 2480. The standard InChI is InChI=1S/C44H31N3/c1-43(2)36-15-8-6-11-30(36)32-19-18-28(22-38(32)43)47-40-20-17-26(21-27(25-45)46-5)29-13-10-14-33(42(29)40)35-23-34-31-12-7-9-16-37(31)44(3,4)39(34)24-41(35)47/h6-24H,1-4H3/b27-21-. The van der Waals surface area contributed by atoms with E-state index in [1.54, 1.807) is 6.08 Å². The molecule has 222 valence electrons. The average molecular weight is 602 g/mol. The predicted octanol–water partition coefficient (Wildman–Crippen LogP) is 11.7. The molecule has 0 N–H and O–H groups in total. The minimum Gasteiger partial charge on any atom is -0.309 e. The maximum absolute atomic E-state index is 9.60. The van der Waals surface area contributed by atoms with Gasteiger partial charge in [-0.25, -0.2) is 10.1 Å². The second kappa shape index (κ2) is 9.32. The molecule has 9 rings (SSSR count). The Morgan fingerprint density at radius 3 is 1.98 bits per heavy atom. The van der Waals surface area contributed by atoms with Crippen LogP contribution in [0.15, 0.2) is 115 Å². The summed E-state index contributed by atoms with van der Waals surface area (Å²) in [6.45, 7) is 16.9. The monoisotopic (exact) mass is 601 g/mol.